The lowest BCUT2D eigenvalue weighted by Gasteiger charge is -2.16. The molecular formula is C10H17N3O. The van der Waals surface area contributed by atoms with Gasteiger partial charge in [-0.15, -0.1) is 6.58 Å². The van der Waals surface area contributed by atoms with Gasteiger partial charge in [0.25, 0.3) is 0 Å². The Morgan fingerprint density at radius 1 is 1.71 bits per heavy atom. The molecule has 0 spiro atoms. The summed E-state index contributed by atoms with van der Waals surface area (Å²) in [4.78, 5) is 13.1. The van der Waals surface area contributed by atoms with Gasteiger partial charge in [-0.3, -0.25) is 9.69 Å². The van der Waals surface area contributed by atoms with Crippen LogP contribution in [-0.4, -0.2) is 37.0 Å². The maximum atomic E-state index is 11.3. The highest BCUT2D eigenvalue weighted by atomic mass is 16.2. The van der Waals surface area contributed by atoms with Crippen LogP contribution in [0, 0.1) is 11.3 Å². The summed E-state index contributed by atoms with van der Waals surface area (Å²) in [5.41, 5.74) is 0. The van der Waals surface area contributed by atoms with Crippen molar-refractivity contribution in [2.45, 2.75) is 13.3 Å². The predicted octanol–water partition coefficient (Wildman–Crippen LogP) is 0.524. The molecule has 1 N–H and O–H groups in total. The number of carbonyl (C=O) groups is 1. The highest BCUT2D eigenvalue weighted by molar-refractivity contribution is 5.78. The number of carbonyl (C=O) groups excluding carboxylic acids is 1. The van der Waals surface area contributed by atoms with Crippen molar-refractivity contribution in [1.29, 1.82) is 5.26 Å². The summed E-state index contributed by atoms with van der Waals surface area (Å²) in [6.07, 6.45) is 2.57. The van der Waals surface area contributed by atoms with Crippen molar-refractivity contribution >= 4 is 5.91 Å². The Morgan fingerprint density at radius 2 is 2.43 bits per heavy atom. The van der Waals surface area contributed by atoms with Gasteiger partial charge in [-0.1, -0.05) is 13.0 Å². The predicted molar refractivity (Wildman–Crippen MR) is 55.6 cm³/mol. The van der Waals surface area contributed by atoms with E-state index in [0.29, 0.717) is 13.1 Å². The molecule has 0 radical (unpaired) electrons. The summed E-state index contributed by atoms with van der Waals surface area (Å²) in [6, 6.07) is 2.04. The molecule has 0 saturated heterocycles. The van der Waals surface area contributed by atoms with Crippen molar-refractivity contribution in [2.24, 2.45) is 0 Å². The molecular weight excluding hydrogens is 178 g/mol. The van der Waals surface area contributed by atoms with E-state index in [4.69, 9.17) is 5.26 Å². The van der Waals surface area contributed by atoms with Gasteiger partial charge in [0, 0.05) is 6.54 Å². The SMILES string of the molecule is C=CCNC(=O)CN(CC#N)CCC. The van der Waals surface area contributed by atoms with E-state index in [-0.39, 0.29) is 12.5 Å². The van der Waals surface area contributed by atoms with Crippen molar-refractivity contribution in [1.82, 2.24) is 10.2 Å². The largest absolute Gasteiger partial charge is 0.352 e. The fourth-order valence-corrected chi connectivity index (χ4v) is 1.08. The second-order valence-corrected chi connectivity index (χ2v) is 2.96. The molecule has 0 aromatic carbocycles. The minimum Gasteiger partial charge on any atom is -0.352 e. The molecule has 4 nitrogen and oxygen atoms in total. The molecule has 0 aliphatic rings. The monoisotopic (exact) mass is 195 g/mol. The first kappa shape index (κ1) is 12.7. The van der Waals surface area contributed by atoms with Gasteiger partial charge in [0.05, 0.1) is 19.2 Å². The second-order valence-electron chi connectivity index (χ2n) is 2.96. The minimum absolute atomic E-state index is 0.0615. The molecule has 0 rings (SSSR count). The summed E-state index contributed by atoms with van der Waals surface area (Å²) >= 11 is 0. The van der Waals surface area contributed by atoms with E-state index >= 15 is 0 Å². The van der Waals surface area contributed by atoms with Crippen LogP contribution in [0.25, 0.3) is 0 Å². The van der Waals surface area contributed by atoms with E-state index in [9.17, 15) is 4.79 Å². The fourth-order valence-electron chi connectivity index (χ4n) is 1.08. The summed E-state index contributed by atoms with van der Waals surface area (Å²) in [6.45, 7) is 7.36. The van der Waals surface area contributed by atoms with Crippen LogP contribution < -0.4 is 5.32 Å². The molecule has 0 unspecified atom stereocenters. The lowest BCUT2D eigenvalue weighted by molar-refractivity contribution is -0.121. The summed E-state index contributed by atoms with van der Waals surface area (Å²) in [5, 5.41) is 11.2. The first-order valence-corrected chi connectivity index (χ1v) is 4.71. The molecule has 0 heterocycles. The number of nitrogens with zero attached hydrogens (tertiary/aromatic N) is 2. The van der Waals surface area contributed by atoms with E-state index in [1.807, 2.05) is 17.9 Å². The van der Waals surface area contributed by atoms with Gasteiger partial charge in [0.1, 0.15) is 0 Å². The van der Waals surface area contributed by atoms with Gasteiger partial charge < -0.3 is 5.32 Å². The quantitative estimate of drug-likeness (QED) is 0.476. The number of hydrogen-bond donors (Lipinski definition) is 1. The summed E-state index contributed by atoms with van der Waals surface area (Å²) in [7, 11) is 0. The van der Waals surface area contributed by atoms with Crippen molar-refractivity contribution in [3.63, 3.8) is 0 Å². The van der Waals surface area contributed by atoms with Crippen LogP contribution in [0.1, 0.15) is 13.3 Å². The van der Waals surface area contributed by atoms with Gasteiger partial charge in [-0.2, -0.15) is 5.26 Å². The maximum Gasteiger partial charge on any atom is 0.234 e. The molecule has 14 heavy (non-hydrogen) atoms. The van der Waals surface area contributed by atoms with Crippen molar-refractivity contribution in [3.8, 4) is 6.07 Å². The van der Waals surface area contributed by atoms with E-state index in [2.05, 4.69) is 11.9 Å². The van der Waals surface area contributed by atoms with E-state index in [1.54, 1.807) is 6.08 Å². The molecule has 0 aromatic heterocycles. The summed E-state index contributed by atoms with van der Waals surface area (Å²) < 4.78 is 0. The zero-order valence-corrected chi connectivity index (χ0v) is 8.62. The molecule has 0 aliphatic heterocycles. The third-order valence-corrected chi connectivity index (χ3v) is 1.64. The van der Waals surface area contributed by atoms with Crippen LogP contribution in [0.5, 0.6) is 0 Å². The molecule has 0 aromatic rings. The highest BCUT2D eigenvalue weighted by Crippen LogP contribution is 1.89. The maximum absolute atomic E-state index is 11.3. The molecule has 0 fully saturated rings. The lowest BCUT2D eigenvalue weighted by Crippen LogP contribution is -2.37. The van der Waals surface area contributed by atoms with Crippen molar-refractivity contribution in [3.05, 3.63) is 12.7 Å². The number of rotatable bonds is 7. The fraction of sp³-hybridized carbons (Fsp3) is 0.600. The Balaban J connectivity index is 3.83. The average Bonchev–Trinajstić information content (AvgIpc) is 2.15. The topological polar surface area (TPSA) is 56.1 Å². The lowest BCUT2D eigenvalue weighted by atomic mass is 10.4. The van der Waals surface area contributed by atoms with Crippen LogP contribution >= 0.6 is 0 Å². The Labute approximate surface area is 85.2 Å². The number of amides is 1. The molecule has 0 saturated carbocycles. The second kappa shape index (κ2) is 8.27. The Kier molecular flexibility index (Phi) is 7.48. The molecule has 4 heteroatoms. The van der Waals surface area contributed by atoms with Gasteiger partial charge in [0.15, 0.2) is 0 Å². The third-order valence-electron chi connectivity index (χ3n) is 1.64. The molecule has 1 amide bonds. The molecule has 0 atom stereocenters. The molecule has 78 valence electrons. The first-order valence-electron chi connectivity index (χ1n) is 4.71. The van der Waals surface area contributed by atoms with Crippen LogP contribution in [0.3, 0.4) is 0 Å². The molecule has 0 aliphatic carbocycles. The first-order chi connectivity index (χ1) is 6.74. The number of nitriles is 1. The van der Waals surface area contributed by atoms with Crippen LogP contribution in [-0.2, 0) is 4.79 Å². The van der Waals surface area contributed by atoms with Crippen LogP contribution in [0.2, 0.25) is 0 Å². The van der Waals surface area contributed by atoms with Crippen LogP contribution in [0.4, 0.5) is 0 Å². The smallest absolute Gasteiger partial charge is 0.234 e. The molecule has 0 bridgehead atoms. The van der Waals surface area contributed by atoms with Crippen molar-refractivity contribution in [2.75, 3.05) is 26.2 Å². The van der Waals surface area contributed by atoms with E-state index in [1.165, 1.54) is 0 Å². The van der Waals surface area contributed by atoms with Gasteiger partial charge in [-0.25, -0.2) is 0 Å². The highest BCUT2D eigenvalue weighted by Gasteiger charge is 2.07. The van der Waals surface area contributed by atoms with E-state index in [0.717, 1.165) is 13.0 Å². The number of nitrogens with one attached hydrogen (secondary N) is 1. The standard InChI is InChI=1S/C10H17N3O/c1-3-6-12-10(14)9-13(7-4-2)8-5-11/h3H,1,4,6-9H2,2H3,(H,12,14). The van der Waals surface area contributed by atoms with Crippen LogP contribution in [0.15, 0.2) is 12.7 Å². The Bertz CT molecular complexity index is 220. The Hall–Kier alpha value is -1.34. The minimum atomic E-state index is -0.0615. The van der Waals surface area contributed by atoms with Gasteiger partial charge >= 0.3 is 0 Å². The Morgan fingerprint density at radius 3 is 2.93 bits per heavy atom. The normalized spacial score (nSPS) is 9.50. The average molecular weight is 195 g/mol. The summed E-state index contributed by atoms with van der Waals surface area (Å²) in [5.74, 6) is -0.0615. The zero-order chi connectivity index (χ0) is 10.8. The van der Waals surface area contributed by atoms with Crippen molar-refractivity contribution < 1.29 is 4.79 Å². The number of hydrogen-bond acceptors (Lipinski definition) is 3. The zero-order valence-electron chi connectivity index (χ0n) is 8.62. The third kappa shape index (κ3) is 6.21. The van der Waals surface area contributed by atoms with Gasteiger partial charge in [-0.05, 0) is 13.0 Å². The van der Waals surface area contributed by atoms with E-state index < -0.39 is 0 Å². The van der Waals surface area contributed by atoms with Gasteiger partial charge in [0.2, 0.25) is 5.91 Å².